The van der Waals surface area contributed by atoms with Crippen LogP contribution in [0.1, 0.15) is 30.5 Å². The highest BCUT2D eigenvalue weighted by atomic mass is 79.9. The van der Waals surface area contributed by atoms with Gasteiger partial charge in [0.2, 0.25) is 5.91 Å². The minimum atomic E-state index is -0.586. The van der Waals surface area contributed by atoms with Gasteiger partial charge < -0.3 is 15.2 Å². The maximum absolute atomic E-state index is 12.2. The first-order valence-corrected chi connectivity index (χ1v) is 9.07. The van der Waals surface area contributed by atoms with E-state index < -0.39 is 12.1 Å². The highest BCUT2D eigenvalue weighted by molar-refractivity contribution is 9.10. The van der Waals surface area contributed by atoms with Crippen molar-refractivity contribution in [3.63, 3.8) is 0 Å². The molecule has 2 amide bonds. The van der Waals surface area contributed by atoms with E-state index in [1.807, 2.05) is 30.3 Å². The molecule has 2 rings (SSSR count). The summed E-state index contributed by atoms with van der Waals surface area (Å²) < 4.78 is 5.43. The van der Waals surface area contributed by atoms with Crippen LogP contribution in [0.5, 0.6) is 5.75 Å². The number of ether oxygens (including phenoxy) is 1. The maximum Gasteiger partial charge on any atom is 0.407 e. The van der Waals surface area contributed by atoms with Gasteiger partial charge in [-0.1, -0.05) is 30.3 Å². The number of nitrogens with one attached hydrogen (secondary N) is 2. The second kappa shape index (κ2) is 10.3. The normalized spacial score (nSPS) is 11.8. The highest BCUT2D eigenvalue weighted by Crippen LogP contribution is 2.23. The first kappa shape index (κ1) is 20.4. The van der Waals surface area contributed by atoms with Gasteiger partial charge in [0.15, 0.2) is 0 Å². The zero-order valence-electron chi connectivity index (χ0n) is 14.7. The largest absolute Gasteiger partial charge is 0.507 e. The van der Waals surface area contributed by atoms with Crippen LogP contribution in [0.3, 0.4) is 0 Å². The number of aromatic hydroxyl groups is 1. The molecule has 0 aliphatic rings. The molecule has 0 unspecified atom stereocenters. The number of benzene rings is 2. The lowest BCUT2D eigenvalue weighted by Gasteiger charge is -2.18. The number of alkyl carbamates (subject to hydrolysis) is 1. The van der Waals surface area contributed by atoms with Crippen molar-refractivity contribution in [2.75, 3.05) is 6.61 Å². The fraction of sp³-hybridized carbons (Fsp3) is 0.211. The molecule has 0 spiro atoms. The van der Waals surface area contributed by atoms with Crippen LogP contribution in [0.4, 0.5) is 4.79 Å². The molecule has 0 saturated carbocycles. The molecular formula is C19H20BrN3O4. The molecule has 0 aromatic heterocycles. The van der Waals surface area contributed by atoms with E-state index in [4.69, 9.17) is 4.74 Å². The minimum absolute atomic E-state index is 0.000556. The van der Waals surface area contributed by atoms with Crippen molar-refractivity contribution < 1.29 is 19.4 Å². The van der Waals surface area contributed by atoms with E-state index in [0.29, 0.717) is 10.0 Å². The topological polar surface area (TPSA) is 100 Å². The summed E-state index contributed by atoms with van der Waals surface area (Å²) in [6, 6.07) is 13.5. The van der Waals surface area contributed by atoms with Gasteiger partial charge >= 0.3 is 6.09 Å². The number of carbonyl (C=O) groups excluding carboxylic acids is 2. The maximum atomic E-state index is 12.2. The first-order valence-electron chi connectivity index (χ1n) is 8.28. The Kier molecular flexibility index (Phi) is 7.81. The van der Waals surface area contributed by atoms with Gasteiger partial charge in [-0.3, -0.25) is 4.79 Å². The Hall–Kier alpha value is -2.87. The molecule has 7 nitrogen and oxygen atoms in total. The van der Waals surface area contributed by atoms with Crippen molar-refractivity contribution in [2.24, 2.45) is 5.10 Å². The number of hydrogen-bond donors (Lipinski definition) is 3. The minimum Gasteiger partial charge on any atom is -0.507 e. The molecule has 0 aliphatic heterocycles. The van der Waals surface area contributed by atoms with Crippen LogP contribution in [0.2, 0.25) is 0 Å². The number of phenols is 1. The van der Waals surface area contributed by atoms with Gasteiger partial charge in [0.05, 0.1) is 29.8 Å². The molecule has 27 heavy (non-hydrogen) atoms. The molecule has 1 atom stereocenters. The molecule has 0 heterocycles. The van der Waals surface area contributed by atoms with E-state index in [1.165, 1.54) is 12.3 Å². The lowest BCUT2D eigenvalue weighted by molar-refractivity contribution is -0.121. The first-order chi connectivity index (χ1) is 13.0. The Morgan fingerprint density at radius 3 is 2.67 bits per heavy atom. The van der Waals surface area contributed by atoms with Gasteiger partial charge in [0.25, 0.3) is 0 Å². The summed E-state index contributed by atoms with van der Waals surface area (Å²) in [5.74, 6) is -0.248. The fourth-order valence-corrected chi connectivity index (χ4v) is 2.66. The average molecular weight is 434 g/mol. The van der Waals surface area contributed by atoms with Gasteiger partial charge in [0.1, 0.15) is 5.75 Å². The number of halogens is 1. The van der Waals surface area contributed by atoms with Crippen molar-refractivity contribution in [1.29, 1.82) is 0 Å². The monoisotopic (exact) mass is 433 g/mol. The molecule has 0 aliphatic carbocycles. The molecule has 2 aromatic rings. The van der Waals surface area contributed by atoms with Crippen LogP contribution >= 0.6 is 15.9 Å². The molecule has 0 bridgehead atoms. The van der Waals surface area contributed by atoms with E-state index in [0.717, 1.165) is 5.56 Å². The molecule has 0 fully saturated rings. The van der Waals surface area contributed by atoms with Gasteiger partial charge in [-0.15, -0.1) is 0 Å². The molecule has 0 saturated heterocycles. The molecule has 142 valence electrons. The number of phenolic OH excluding ortho intramolecular Hbond substituents is 1. The summed E-state index contributed by atoms with van der Waals surface area (Å²) >= 11 is 3.21. The van der Waals surface area contributed by atoms with Gasteiger partial charge in [-0.25, -0.2) is 10.2 Å². The van der Waals surface area contributed by atoms with Gasteiger partial charge in [-0.2, -0.15) is 5.10 Å². The van der Waals surface area contributed by atoms with Crippen LogP contribution in [0, 0.1) is 0 Å². The summed E-state index contributed by atoms with van der Waals surface area (Å²) in [5, 5.41) is 16.1. The lowest BCUT2D eigenvalue weighted by Crippen LogP contribution is -2.33. The molecule has 3 N–H and O–H groups in total. The number of rotatable bonds is 7. The van der Waals surface area contributed by atoms with Crippen molar-refractivity contribution >= 4 is 34.1 Å². The van der Waals surface area contributed by atoms with E-state index in [9.17, 15) is 14.7 Å². The summed E-state index contributed by atoms with van der Waals surface area (Å²) in [4.78, 5) is 24.0. The second-order valence-electron chi connectivity index (χ2n) is 5.54. The Morgan fingerprint density at radius 2 is 2.00 bits per heavy atom. The van der Waals surface area contributed by atoms with Crippen LogP contribution in [0.15, 0.2) is 58.1 Å². The van der Waals surface area contributed by atoms with Crippen LogP contribution < -0.4 is 10.7 Å². The average Bonchev–Trinajstić information content (AvgIpc) is 2.65. The third kappa shape index (κ3) is 6.74. The fourth-order valence-electron chi connectivity index (χ4n) is 2.27. The number of amides is 2. The van der Waals surface area contributed by atoms with Gasteiger partial charge in [0, 0.05) is 0 Å². The predicted octanol–water partition coefficient (Wildman–Crippen LogP) is 3.48. The summed E-state index contributed by atoms with van der Waals surface area (Å²) in [5.41, 5.74) is 3.91. The number of hydrazone groups is 1. The zero-order valence-corrected chi connectivity index (χ0v) is 16.3. The van der Waals surface area contributed by atoms with E-state index in [1.54, 1.807) is 19.1 Å². The molecule has 8 heteroatoms. The SMILES string of the molecule is CCOC(=O)N[C@H](CC(=O)N/N=C\c1ccc(O)c(Br)c1)c1ccccc1. The van der Waals surface area contributed by atoms with E-state index >= 15 is 0 Å². The van der Waals surface area contributed by atoms with Gasteiger partial charge in [-0.05, 0) is 52.2 Å². The van der Waals surface area contributed by atoms with Crippen LogP contribution in [-0.2, 0) is 9.53 Å². The standard InChI is InChI=1S/C19H20BrN3O4/c1-2-27-19(26)22-16(14-6-4-3-5-7-14)11-18(25)23-21-12-13-8-9-17(24)15(20)10-13/h3-10,12,16,24H,2,11H2,1H3,(H,22,26)(H,23,25)/b21-12-/t16-/m1/s1. The zero-order chi connectivity index (χ0) is 19.6. The third-order valence-electron chi connectivity index (χ3n) is 3.53. The number of nitrogens with zero attached hydrogens (tertiary/aromatic N) is 1. The Labute approximate surface area is 165 Å². The van der Waals surface area contributed by atoms with Crippen molar-refractivity contribution in [3.8, 4) is 5.75 Å². The van der Waals surface area contributed by atoms with E-state index in [2.05, 4.69) is 31.8 Å². The third-order valence-corrected chi connectivity index (χ3v) is 4.17. The summed E-state index contributed by atoms with van der Waals surface area (Å²) in [7, 11) is 0. The number of hydrogen-bond acceptors (Lipinski definition) is 5. The van der Waals surface area contributed by atoms with Crippen molar-refractivity contribution in [3.05, 3.63) is 64.1 Å². The van der Waals surface area contributed by atoms with Crippen molar-refractivity contribution in [1.82, 2.24) is 10.7 Å². The summed E-state index contributed by atoms with van der Waals surface area (Å²) in [6.07, 6.45) is 0.870. The number of carbonyl (C=O) groups is 2. The molecule has 2 aromatic carbocycles. The smallest absolute Gasteiger partial charge is 0.407 e. The van der Waals surface area contributed by atoms with Crippen LogP contribution in [0.25, 0.3) is 0 Å². The molecular weight excluding hydrogens is 414 g/mol. The second-order valence-corrected chi connectivity index (χ2v) is 6.39. The van der Waals surface area contributed by atoms with Crippen molar-refractivity contribution in [2.45, 2.75) is 19.4 Å². The predicted molar refractivity (Wildman–Crippen MR) is 106 cm³/mol. The molecule has 0 radical (unpaired) electrons. The van der Waals surface area contributed by atoms with E-state index in [-0.39, 0.29) is 24.7 Å². The summed E-state index contributed by atoms with van der Waals surface area (Å²) in [6.45, 7) is 1.95. The Balaban J connectivity index is 1.99. The lowest BCUT2D eigenvalue weighted by atomic mass is 10.0. The quantitative estimate of drug-likeness (QED) is 0.459. The Bertz CT molecular complexity index is 812. The highest BCUT2D eigenvalue weighted by Gasteiger charge is 2.18. The van der Waals surface area contributed by atoms with Crippen LogP contribution in [-0.4, -0.2) is 29.9 Å². The Morgan fingerprint density at radius 1 is 1.26 bits per heavy atom.